The number of ether oxygens (including phenoxy) is 2. The number of nitrogens with zero attached hydrogens (tertiary/aromatic N) is 2. The first-order chi connectivity index (χ1) is 16.1. The maximum Gasteiger partial charge on any atom is 0.242 e. The number of hydrogen-bond donors (Lipinski definition) is 1. The summed E-state index contributed by atoms with van der Waals surface area (Å²) in [5.41, 5.74) is 3.22. The second-order valence-corrected chi connectivity index (χ2v) is 9.10. The van der Waals surface area contributed by atoms with Crippen LogP contribution >= 0.6 is 0 Å². The number of fused-ring (bicyclic) bond motifs is 1. The quantitative estimate of drug-likeness (QED) is 0.756. The Morgan fingerprint density at radius 3 is 2.58 bits per heavy atom. The lowest BCUT2D eigenvalue weighted by Gasteiger charge is -2.59. The van der Waals surface area contributed by atoms with Crippen molar-refractivity contribution in [1.82, 2.24) is 9.80 Å². The van der Waals surface area contributed by atoms with Gasteiger partial charge in [0.15, 0.2) is 0 Å². The second kappa shape index (κ2) is 9.15. The fraction of sp³-hybridized carbons (Fsp3) is 0.462. The summed E-state index contributed by atoms with van der Waals surface area (Å²) in [6, 6.07) is 15.8. The molecule has 3 fully saturated rings. The molecule has 3 aliphatic heterocycles. The molecular formula is C26H30N2O5. The van der Waals surface area contributed by atoms with Crippen LogP contribution in [0, 0.1) is 5.92 Å². The molecule has 5 rings (SSSR count). The molecule has 1 N–H and O–H groups in total. The van der Waals surface area contributed by atoms with Crippen molar-refractivity contribution in [3.63, 3.8) is 0 Å². The van der Waals surface area contributed by atoms with E-state index in [0.29, 0.717) is 32.6 Å². The maximum atomic E-state index is 13.1. The molecule has 3 aliphatic rings. The van der Waals surface area contributed by atoms with Gasteiger partial charge in [0.2, 0.25) is 11.8 Å². The van der Waals surface area contributed by atoms with Crippen molar-refractivity contribution in [3.8, 4) is 16.9 Å². The molecule has 0 aromatic heterocycles. The Balaban J connectivity index is 1.35. The van der Waals surface area contributed by atoms with Gasteiger partial charge in [-0.2, -0.15) is 0 Å². The third kappa shape index (κ3) is 4.00. The van der Waals surface area contributed by atoms with Crippen molar-refractivity contribution in [1.29, 1.82) is 0 Å². The number of carbonyl (C=O) groups excluding carboxylic acids is 2. The van der Waals surface area contributed by atoms with Gasteiger partial charge < -0.3 is 24.4 Å². The third-order valence-electron chi connectivity index (χ3n) is 7.33. The van der Waals surface area contributed by atoms with Gasteiger partial charge >= 0.3 is 0 Å². The normalized spacial score (nSPS) is 25.4. The van der Waals surface area contributed by atoms with E-state index in [-0.39, 0.29) is 48.9 Å². The molecule has 33 heavy (non-hydrogen) atoms. The summed E-state index contributed by atoms with van der Waals surface area (Å²) in [6.07, 6.45) is 1.43. The lowest BCUT2D eigenvalue weighted by atomic mass is 9.73. The average molecular weight is 451 g/mol. The molecule has 7 nitrogen and oxygen atoms in total. The van der Waals surface area contributed by atoms with Gasteiger partial charge in [0.25, 0.3) is 0 Å². The topological polar surface area (TPSA) is 79.3 Å². The van der Waals surface area contributed by atoms with Crippen molar-refractivity contribution in [2.45, 2.75) is 30.8 Å². The van der Waals surface area contributed by atoms with Crippen molar-refractivity contribution in [2.24, 2.45) is 5.92 Å². The summed E-state index contributed by atoms with van der Waals surface area (Å²) >= 11 is 0. The molecule has 3 heterocycles. The molecular weight excluding hydrogens is 420 g/mol. The van der Waals surface area contributed by atoms with Crippen LogP contribution in [0.2, 0.25) is 0 Å². The van der Waals surface area contributed by atoms with E-state index in [9.17, 15) is 14.7 Å². The van der Waals surface area contributed by atoms with Crippen LogP contribution in [-0.4, -0.2) is 78.8 Å². The minimum atomic E-state index is -0.245. The van der Waals surface area contributed by atoms with Crippen molar-refractivity contribution in [3.05, 3.63) is 54.1 Å². The number of carbonyl (C=O) groups is 2. The Morgan fingerprint density at radius 2 is 1.88 bits per heavy atom. The van der Waals surface area contributed by atoms with Gasteiger partial charge in [0.05, 0.1) is 32.3 Å². The number of benzene rings is 2. The summed E-state index contributed by atoms with van der Waals surface area (Å²) in [4.78, 5) is 29.5. The van der Waals surface area contributed by atoms with E-state index in [0.717, 1.165) is 22.4 Å². The number of hydrogen-bond acceptors (Lipinski definition) is 5. The highest BCUT2D eigenvalue weighted by atomic mass is 16.5. The number of piperazine rings is 1. The van der Waals surface area contributed by atoms with Gasteiger partial charge in [-0.25, -0.2) is 0 Å². The number of aliphatic hydroxyl groups is 1. The molecule has 0 aliphatic carbocycles. The van der Waals surface area contributed by atoms with Crippen molar-refractivity contribution >= 4 is 11.8 Å². The van der Waals surface area contributed by atoms with Gasteiger partial charge in [-0.3, -0.25) is 9.59 Å². The second-order valence-electron chi connectivity index (χ2n) is 9.10. The van der Waals surface area contributed by atoms with Crippen LogP contribution in [-0.2, 0) is 14.3 Å². The van der Waals surface area contributed by atoms with Crippen LogP contribution < -0.4 is 4.74 Å². The first-order valence-corrected chi connectivity index (χ1v) is 11.6. The number of methoxy groups -OCH3 is 1. The minimum Gasteiger partial charge on any atom is -0.497 e. The van der Waals surface area contributed by atoms with Gasteiger partial charge in [-0.1, -0.05) is 36.4 Å². The zero-order chi connectivity index (χ0) is 22.9. The predicted molar refractivity (Wildman–Crippen MR) is 123 cm³/mol. The molecule has 0 bridgehead atoms. The number of aliphatic hydroxyl groups excluding tert-OH is 1. The Hall–Kier alpha value is -2.90. The highest BCUT2D eigenvalue weighted by Gasteiger charge is 2.54. The highest BCUT2D eigenvalue weighted by Crippen LogP contribution is 2.43. The molecule has 0 radical (unpaired) electrons. The summed E-state index contributed by atoms with van der Waals surface area (Å²) in [7, 11) is 1.65. The van der Waals surface area contributed by atoms with Gasteiger partial charge in [0.1, 0.15) is 5.75 Å². The van der Waals surface area contributed by atoms with Crippen LogP contribution in [0.4, 0.5) is 0 Å². The van der Waals surface area contributed by atoms with Gasteiger partial charge in [-0.05, 0) is 41.7 Å². The molecule has 2 aromatic carbocycles. The smallest absolute Gasteiger partial charge is 0.242 e. The van der Waals surface area contributed by atoms with Crippen LogP contribution in [0.15, 0.2) is 48.5 Å². The average Bonchev–Trinajstić information content (AvgIpc) is 2.85. The zero-order valence-electron chi connectivity index (χ0n) is 18.9. The Bertz CT molecular complexity index is 1020. The Kier molecular flexibility index (Phi) is 6.08. The first kappa shape index (κ1) is 21.9. The summed E-state index contributed by atoms with van der Waals surface area (Å²) in [5.74, 6) is 0.735. The van der Waals surface area contributed by atoms with Crippen molar-refractivity contribution < 1.29 is 24.2 Å². The number of amides is 2. The fourth-order valence-corrected chi connectivity index (χ4v) is 5.57. The monoisotopic (exact) mass is 450 g/mol. The van der Waals surface area contributed by atoms with E-state index in [1.165, 1.54) is 0 Å². The van der Waals surface area contributed by atoms with Crippen LogP contribution in [0.3, 0.4) is 0 Å². The SMILES string of the molecule is COc1cccc(-c2ccc([C@H]3[C@@H](CO)N4C(=O)CN(C(=O)C5CCOCC5)C[C@H]34)cc2)c1. The van der Waals surface area contributed by atoms with Gasteiger partial charge in [-0.15, -0.1) is 0 Å². The molecule has 3 saturated heterocycles. The highest BCUT2D eigenvalue weighted by molar-refractivity contribution is 5.88. The molecule has 0 unspecified atom stereocenters. The fourth-order valence-electron chi connectivity index (χ4n) is 5.57. The summed E-state index contributed by atoms with van der Waals surface area (Å²) in [6.45, 7) is 1.73. The molecule has 3 atom stereocenters. The Morgan fingerprint density at radius 1 is 1.12 bits per heavy atom. The maximum absolute atomic E-state index is 13.1. The van der Waals surface area contributed by atoms with E-state index in [1.54, 1.807) is 16.9 Å². The van der Waals surface area contributed by atoms with E-state index in [1.807, 2.05) is 24.3 Å². The lowest BCUT2D eigenvalue weighted by molar-refractivity contribution is -0.169. The van der Waals surface area contributed by atoms with Crippen molar-refractivity contribution in [2.75, 3.05) is 40.0 Å². The zero-order valence-corrected chi connectivity index (χ0v) is 18.9. The predicted octanol–water partition coefficient (Wildman–Crippen LogP) is 2.29. The van der Waals surface area contributed by atoms with Gasteiger partial charge in [0, 0.05) is 31.6 Å². The standard InChI is InChI=1S/C26H30N2O5/c1-32-21-4-2-3-20(13-21)17-5-7-18(8-6-17)25-22-14-27(15-24(30)28(22)23(25)16-29)26(31)19-9-11-33-12-10-19/h2-8,13,19,22-23,25,29H,9-12,14-16H2,1H3/t22-,23-,25-/m1/s1. The minimum absolute atomic E-state index is 0.00333. The summed E-state index contributed by atoms with van der Waals surface area (Å²) < 4.78 is 10.7. The number of rotatable bonds is 5. The van der Waals surface area contributed by atoms with Crippen LogP contribution in [0.1, 0.15) is 24.3 Å². The molecule has 2 amide bonds. The summed E-state index contributed by atoms with van der Waals surface area (Å²) in [5, 5.41) is 10.0. The molecule has 7 heteroatoms. The Labute approximate surface area is 193 Å². The lowest BCUT2D eigenvalue weighted by Crippen LogP contribution is -2.73. The van der Waals surface area contributed by atoms with E-state index in [4.69, 9.17) is 9.47 Å². The first-order valence-electron chi connectivity index (χ1n) is 11.6. The third-order valence-corrected chi connectivity index (χ3v) is 7.33. The largest absolute Gasteiger partial charge is 0.497 e. The molecule has 174 valence electrons. The van der Waals surface area contributed by atoms with Crippen LogP contribution in [0.5, 0.6) is 5.75 Å². The molecule has 0 spiro atoms. The van der Waals surface area contributed by atoms with Crippen LogP contribution in [0.25, 0.3) is 11.1 Å². The van der Waals surface area contributed by atoms with E-state index in [2.05, 4.69) is 24.3 Å². The van der Waals surface area contributed by atoms with E-state index < -0.39 is 0 Å². The molecule has 0 saturated carbocycles. The molecule has 2 aromatic rings. The van der Waals surface area contributed by atoms with E-state index >= 15 is 0 Å².